The van der Waals surface area contributed by atoms with Gasteiger partial charge in [-0.15, -0.1) is 17.0 Å². The molecule has 3 N–H and O–H groups in total. The highest BCUT2D eigenvalue weighted by Crippen LogP contribution is 1.77. The van der Waals surface area contributed by atoms with Crippen molar-refractivity contribution in [2.75, 3.05) is 52.6 Å². The van der Waals surface area contributed by atoms with E-state index in [1.54, 1.807) is 0 Å². The van der Waals surface area contributed by atoms with Crippen LogP contribution >= 0.6 is 17.0 Å². The molecule has 0 aliphatic carbocycles. The van der Waals surface area contributed by atoms with Crippen LogP contribution in [0, 0.1) is 0 Å². The quantitative estimate of drug-likeness (QED) is 0.494. The van der Waals surface area contributed by atoms with Crippen LogP contribution in [0.3, 0.4) is 0 Å². The van der Waals surface area contributed by atoms with Crippen LogP contribution in [0.1, 0.15) is 0 Å². The molecule has 0 aromatic heterocycles. The maximum absolute atomic E-state index is 8.56. The highest BCUT2D eigenvalue weighted by molar-refractivity contribution is 8.93. The Bertz CT molecular complexity index is 131. The summed E-state index contributed by atoms with van der Waals surface area (Å²) < 4.78 is 34.1. The Kier molecular flexibility index (Phi) is 19.0. The third kappa shape index (κ3) is 22.1. The van der Waals surface area contributed by atoms with Crippen LogP contribution in [-0.4, -0.2) is 65.9 Å². The SMILES string of the molecule is Br.C1COCCN1.C1COCCN1.O=S([O-])O. The first-order valence-corrected chi connectivity index (χ1v) is 6.12. The van der Waals surface area contributed by atoms with Gasteiger partial charge in [-0.2, -0.15) is 0 Å². The second-order valence-corrected chi connectivity index (χ2v) is 3.38. The van der Waals surface area contributed by atoms with Crippen molar-refractivity contribution in [1.82, 2.24) is 10.6 Å². The van der Waals surface area contributed by atoms with E-state index in [9.17, 15) is 0 Å². The van der Waals surface area contributed by atoms with E-state index in [0.717, 1.165) is 52.6 Å². The van der Waals surface area contributed by atoms with E-state index in [1.807, 2.05) is 0 Å². The molecule has 0 bridgehead atoms. The van der Waals surface area contributed by atoms with Crippen molar-refractivity contribution in [1.29, 1.82) is 0 Å². The second-order valence-electron chi connectivity index (χ2n) is 2.94. The normalized spacial score (nSPS) is 20.6. The van der Waals surface area contributed by atoms with Gasteiger partial charge in [0.2, 0.25) is 0 Å². The number of hydrogen-bond acceptors (Lipinski definition) is 6. The summed E-state index contributed by atoms with van der Waals surface area (Å²) >= 11 is -2.86. The molecule has 9 heteroatoms. The van der Waals surface area contributed by atoms with E-state index >= 15 is 0 Å². The molecule has 2 fully saturated rings. The third-order valence-corrected chi connectivity index (χ3v) is 1.69. The summed E-state index contributed by atoms with van der Waals surface area (Å²) in [6, 6.07) is 0. The lowest BCUT2D eigenvalue weighted by molar-refractivity contribution is 0.109. The maximum atomic E-state index is 8.56. The zero-order valence-electron chi connectivity index (χ0n) is 9.55. The van der Waals surface area contributed by atoms with E-state index in [4.69, 9.17) is 22.8 Å². The molecule has 7 nitrogen and oxygen atoms in total. The molecule has 0 aromatic rings. The Hall–Kier alpha value is 0.390. The first-order valence-electron chi connectivity index (χ1n) is 5.08. The monoisotopic (exact) mass is 335 g/mol. The second kappa shape index (κ2) is 16.4. The van der Waals surface area contributed by atoms with Gasteiger partial charge in [-0.25, -0.2) is 4.21 Å². The van der Waals surface area contributed by atoms with E-state index < -0.39 is 11.4 Å². The lowest BCUT2D eigenvalue weighted by Crippen LogP contribution is -2.30. The standard InChI is InChI=1S/2C4H9NO.BrH.H2O3S/c2*1-3-6-4-2-5-1;;1-4(2)3/h2*5H,1-4H2;1H;(H2,1,2,3)/p-1. The molecule has 0 aromatic carbocycles. The number of halogens is 1. The Balaban J connectivity index is 0. The topological polar surface area (TPSA) is 103 Å². The summed E-state index contributed by atoms with van der Waals surface area (Å²) in [5, 5.41) is 6.32. The predicted molar refractivity (Wildman–Crippen MR) is 69.2 cm³/mol. The third-order valence-electron chi connectivity index (χ3n) is 1.69. The summed E-state index contributed by atoms with van der Waals surface area (Å²) in [5.74, 6) is 0. The van der Waals surface area contributed by atoms with E-state index in [1.165, 1.54) is 0 Å². The van der Waals surface area contributed by atoms with Crippen LogP contribution in [0.2, 0.25) is 0 Å². The van der Waals surface area contributed by atoms with Gasteiger partial charge in [-0.1, -0.05) is 0 Å². The van der Waals surface area contributed by atoms with Crippen LogP contribution in [0.4, 0.5) is 0 Å². The van der Waals surface area contributed by atoms with Crippen LogP contribution in [-0.2, 0) is 20.8 Å². The molecule has 0 radical (unpaired) electrons. The molecule has 2 aliphatic rings. The van der Waals surface area contributed by atoms with Crippen molar-refractivity contribution in [3.63, 3.8) is 0 Å². The summed E-state index contributed by atoms with van der Waals surface area (Å²) in [4.78, 5) is 0. The van der Waals surface area contributed by atoms with Gasteiger partial charge in [-0.3, -0.25) is 0 Å². The average Bonchev–Trinajstić information content (AvgIpc) is 2.34. The largest absolute Gasteiger partial charge is 0.750 e. The molecule has 106 valence electrons. The molecule has 1 unspecified atom stereocenters. The number of morpholine rings is 2. The van der Waals surface area contributed by atoms with Gasteiger partial charge in [0.15, 0.2) is 0 Å². The predicted octanol–water partition coefficient (Wildman–Crippen LogP) is -0.871. The van der Waals surface area contributed by atoms with Crippen LogP contribution in [0.5, 0.6) is 0 Å². The highest BCUT2D eigenvalue weighted by Gasteiger charge is 1.93. The fourth-order valence-corrected chi connectivity index (χ4v) is 1.03. The molecular formula is C8H20BrN2O5S-. The first kappa shape index (κ1) is 19.7. The van der Waals surface area contributed by atoms with Gasteiger partial charge < -0.3 is 29.2 Å². The molecule has 2 heterocycles. The van der Waals surface area contributed by atoms with Crippen molar-refractivity contribution in [3.05, 3.63) is 0 Å². The molecule has 17 heavy (non-hydrogen) atoms. The molecule has 0 amide bonds. The van der Waals surface area contributed by atoms with Gasteiger partial charge >= 0.3 is 0 Å². The lowest BCUT2D eigenvalue weighted by Gasteiger charge is -2.10. The Labute approximate surface area is 115 Å². The first-order chi connectivity index (χ1) is 7.73. The molecule has 2 saturated heterocycles. The summed E-state index contributed by atoms with van der Waals surface area (Å²) in [6.07, 6.45) is 0. The van der Waals surface area contributed by atoms with Crippen molar-refractivity contribution in [3.8, 4) is 0 Å². The van der Waals surface area contributed by atoms with Gasteiger partial charge in [0.1, 0.15) is 0 Å². The van der Waals surface area contributed by atoms with Crippen molar-refractivity contribution in [2.45, 2.75) is 0 Å². The number of hydrogen-bond donors (Lipinski definition) is 3. The minimum atomic E-state index is -2.86. The van der Waals surface area contributed by atoms with Gasteiger partial charge in [-0.05, 0) is 0 Å². The number of rotatable bonds is 0. The zero-order valence-corrected chi connectivity index (χ0v) is 12.1. The van der Waals surface area contributed by atoms with Gasteiger partial charge in [0.25, 0.3) is 0 Å². The Morgan fingerprint density at radius 3 is 1.24 bits per heavy atom. The van der Waals surface area contributed by atoms with Crippen molar-refractivity contribution in [2.24, 2.45) is 0 Å². The molecule has 0 saturated carbocycles. The molecule has 2 rings (SSSR count). The Morgan fingerprint density at radius 1 is 0.941 bits per heavy atom. The maximum Gasteiger partial charge on any atom is 0.0814 e. The van der Waals surface area contributed by atoms with Crippen molar-refractivity contribution < 1.29 is 22.8 Å². The molecule has 2 aliphatic heterocycles. The fraction of sp³-hybridized carbons (Fsp3) is 1.00. The number of ether oxygens (including phenoxy) is 2. The van der Waals surface area contributed by atoms with Crippen LogP contribution < -0.4 is 10.6 Å². The van der Waals surface area contributed by atoms with Crippen molar-refractivity contribution >= 4 is 28.3 Å². The summed E-state index contributed by atoms with van der Waals surface area (Å²) in [7, 11) is 0. The molecule has 1 atom stereocenters. The summed E-state index contributed by atoms with van der Waals surface area (Å²) in [5.41, 5.74) is 0. The molecule has 0 spiro atoms. The number of nitrogens with one attached hydrogen (secondary N) is 2. The van der Waals surface area contributed by atoms with Gasteiger partial charge in [0, 0.05) is 26.2 Å². The fourth-order valence-electron chi connectivity index (χ4n) is 1.03. The van der Waals surface area contributed by atoms with Crippen LogP contribution in [0.15, 0.2) is 0 Å². The van der Waals surface area contributed by atoms with Crippen LogP contribution in [0.25, 0.3) is 0 Å². The summed E-state index contributed by atoms with van der Waals surface area (Å²) in [6.45, 7) is 7.67. The molecular weight excluding hydrogens is 316 g/mol. The Morgan fingerprint density at radius 2 is 1.18 bits per heavy atom. The van der Waals surface area contributed by atoms with E-state index in [-0.39, 0.29) is 17.0 Å². The smallest absolute Gasteiger partial charge is 0.0814 e. The lowest BCUT2D eigenvalue weighted by atomic mass is 10.5. The zero-order chi connectivity index (χ0) is 12.1. The average molecular weight is 336 g/mol. The van der Waals surface area contributed by atoms with E-state index in [2.05, 4.69) is 10.6 Å². The minimum absolute atomic E-state index is 0. The highest BCUT2D eigenvalue weighted by atomic mass is 79.9. The minimum Gasteiger partial charge on any atom is -0.750 e. The van der Waals surface area contributed by atoms with E-state index in [0.29, 0.717) is 0 Å². The van der Waals surface area contributed by atoms with Gasteiger partial charge in [0.05, 0.1) is 37.8 Å².